The van der Waals surface area contributed by atoms with Crippen LogP contribution >= 0.6 is 15.9 Å². The lowest BCUT2D eigenvalue weighted by Gasteiger charge is -2.35. The Morgan fingerprint density at radius 2 is 2.00 bits per heavy atom. The minimum Gasteiger partial charge on any atom is -0.341 e. The molecule has 1 amide bonds. The first-order valence-electron chi connectivity index (χ1n) is 9.03. The van der Waals surface area contributed by atoms with Crippen LogP contribution < -0.4 is 0 Å². The zero-order valence-electron chi connectivity index (χ0n) is 15.2. The van der Waals surface area contributed by atoms with E-state index < -0.39 is 0 Å². The fourth-order valence-electron chi connectivity index (χ4n) is 3.82. The quantitative estimate of drug-likeness (QED) is 0.481. The molecule has 5 heterocycles. The molecule has 0 aliphatic carbocycles. The minimum absolute atomic E-state index is 0.0404. The van der Waals surface area contributed by atoms with Gasteiger partial charge < -0.3 is 9.47 Å². The summed E-state index contributed by atoms with van der Waals surface area (Å²) in [6.45, 7) is 3.43. The third-order valence-corrected chi connectivity index (χ3v) is 5.62. The molecule has 140 valence electrons. The molecule has 4 aromatic heterocycles. The predicted molar refractivity (Wildman–Crippen MR) is 108 cm³/mol. The van der Waals surface area contributed by atoms with Crippen molar-refractivity contribution in [1.29, 1.82) is 0 Å². The van der Waals surface area contributed by atoms with E-state index in [4.69, 9.17) is 0 Å². The number of halogens is 1. The third-order valence-electron chi connectivity index (χ3n) is 5.21. The topological polar surface area (TPSA) is 68.3 Å². The maximum atomic E-state index is 13.1. The van der Waals surface area contributed by atoms with Gasteiger partial charge in [0.2, 0.25) is 0 Å². The van der Waals surface area contributed by atoms with Crippen molar-refractivity contribution in [2.24, 2.45) is 0 Å². The molecule has 4 aromatic rings. The van der Waals surface area contributed by atoms with Crippen LogP contribution in [0.1, 0.15) is 29.1 Å². The van der Waals surface area contributed by atoms with Crippen LogP contribution in [-0.4, -0.2) is 41.5 Å². The van der Waals surface area contributed by atoms with Crippen molar-refractivity contribution in [3.63, 3.8) is 0 Å². The van der Waals surface area contributed by atoms with E-state index in [-0.39, 0.29) is 11.9 Å². The molecule has 0 saturated carbocycles. The summed E-state index contributed by atoms with van der Waals surface area (Å²) in [6, 6.07) is 9.92. The van der Waals surface area contributed by atoms with Crippen molar-refractivity contribution in [3.05, 3.63) is 71.0 Å². The fourth-order valence-corrected chi connectivity index (χ4v) is 4.11. The van der Waals surface area contributed by atoms with E-state index in [2.05, 4.69) is 54.6 Å². The summed E-state index contributed by atoms with van der Waals surface area (Å²) in [5.74, 6) is -0.0768. The highest BCUT2D eigenvalue weighted by atomic mass is 79.9. The van der Waals surface area contributed by atoms with Gasteiger partial charge in [0.25, 0.3) is 5.91 Å². The van der Waals surface area contributed by atoms with Crippen molar-refractivity contribution < 1.29 is 4.79 Å². The molecule has 0 aromatic carbocycles. The van der Waals surface area contributed by atoms with Gasteiger partial charge in [0.15, 0.2) is 11.3 Å². The second-order valence-corrected chi connectivity index (χ2v) is 7.73. The second-order valence-electron chi connectivity index (χ2n) is 6.81. The van der Waals surface area contributed by atoms with Gasteiger partial charge in [-0.15, -0.1) is 0 Å². The van der Waals surface area contributed by atoms with E-state index in [9.17, 15) is 4.79 Å². The Morgan fingerprint density at radius 3 is 2.82 bits per heavy atom. The van der Waals surface area contributed by atoms with Crippen LogP contribution in [0.3, 0.4) is 0 Å². The average molecular weight is 437 g/mol. The van der Waals surface area contributed by atoms with Gasteiger partial charge in [-0.25, -0.2) is 9.50 Å². The molecule has 8 heteroatoms. The zero-order valence-corrected chi connectivity index (χ0v) is 16.7. The number of hydrogen-bond acceptors (Lipinski definition) is 4. The molecule has 7 nitrogen and oxygen atoms in total. The minimum atomic E-state index is -0.0768. The summed E-state index contributed by atoms with van der Waals surface area (Å²) in [6.07, 6.45) is 7.09. The normalized spacial score (nSPS) is 16.4. The second kappa shape index (κ2) is 6.56. The number of fused-ring (bicyclic) bond motifs is 2. The number of aromatic nitrogens is 5. The fraction of sp³-hybridized carbons (Fsp3) is 0.200. The largest absolute Gasteiger partial charge is 0.341 e. The van der Waals surface area contributed by atoms with Crippen LogP contribution in [-0.2, 0) is 6.54 Å². The number of carbonyl (C=O) groups excluding carboxylic acids is 1. The van der Waals surface area contributed by atoms with Gasteiger partial charge in [-0.2, -0.15) is 5.10 Å². The molecule has 1 unspecified atom stereocenters. The smallest absolute Gasteiger partial charge is 0.275 e. The number of hydrogen-bond donors (Lipinski definition) is 0. The molecular weight excluding hydrogens is 420 g/mol. The Bertz CT molecular complexity index is 1180. The van der Waals surface area contributed by atoms with Crippen molar-refractivity contribution in [2.45, 2.75) is 19.5 Å². The van der Waals surface area contributed by atoms with E-state index in [0.717, 1.165) is 28.0 Å². The van der Waals surface area contributed by atoms with E-state index >= 15 is 0 Å². The SMILES string of the molecule is CC1c2ccc(-c3ccncc3)n2CCN1C(=O)c1cc2ncc(Br)cn2n1. The van der Waals surface area contributed by atoms with E-state index in [1.807, 2.05) is 17.0 Å². The summed E-state index contributed by atoms with van der Waals surface area (Å²) in [4.78, 5) is 23.4. The van der Waals surface area contributed by atoms with Crippen molar-refractivity contribution in [3.8, 4) is 11.3 Å². The van der Waals surface area contributed by atoms with Gasteiger partial charge in [0.05, 0.1) is 10.5 Å². The average Bonchev–Trinajstić information content (AvgIpc) is 3.32. The first-order chi connectivity index (χ1) is 13.6. The lowest BCUT2D eigenvalue weighted by molar-refractivity contribution is 0.0638. The van der Waals surface area contributed by atoms with Gasteiger partial charge in [-0.3, -0.25) is 9.78 Å². The maximum absolute atomic E-state index is 13.1. The van der Waals surface area contributed by atoms with Crippen LogP contribution in [0.5, 0.6) is 0 Å². The van der Waals surface area contributed by atoms with E-state index in [1.54, 1.807) is 35.4 Å². The predicted octanol–water partition coefficient (Wildman–Crippen LogP) is 3.57. The van der Waals surface area contributed by atoms with E-state index in [0.29, 0.717) is 17.9 Å². The highest BCUT2D eigenvalue weighted by Crippen LogP contribution is 2.32. The Balaban J connectivity index is 1.46. The summed E-state index contributed by atoms with van der Waals surface area (Å²) in [7, 11) is 0. The van der Waals surface area contributed by atoms with Gasteiger partial charge in [-0.1, -0.05) is 0 Å². The van der Waals surface area contributed by atoms with Crippen molar-refractivity contribution in [1.82, 2.24) is 29.0 Å². The molecule has 0 spiro atoms. The molecule has 0 bridgehead atoms. The number of nitrogens with zero attached hydrogens (tertiary/aromatic N) is 6. The van der Waals surface area contributed by atoms with Crippen LogP contribution in [0, 0.1) is 0 Å². The lowest BCUT2D eigenvalue weighted by Crippen LogP contribution is -2.41. The van der Waals surface area contributed by atoms with Crippen molar-refractivity contribution >= 4 is 27.5 Å². The molecule has 5 rings (SSSR count). The third kappa shape index (κ3) is 2.72. The summed E-state index contributed by atoms with van der Waals surface area (Å²) in [5, 5.41) is 4.41. The molecule has 28 heavy (non-hydrogen) atoms. The van der Waals surface area contributed by atoms with Gasteiger partial charge in [0, 0.05) is 60.9 Å². The Morgan fingerprint density at radius 1 is 1.18 bits per heavy atom. The summed E-state index contributed by atoms with van der Waals surface area (Å²) in [5.41, 5.74) is 4.46. The molecule has 0 N–H and O–H groups in total. The van der Waals surface area contributed by atoms with Gasteiger partial charge in [0.1, 0.15) is 0 Å². The molecule has 1 aliphatic heterocycles. The summed E-state index contributed by atoms with van der Waals surface area (Å²) >= 11 is 3.38. The standard InChI is InChI=1S/C20H17BrN6O/c1-13-17-2-3-18(14-4-6-22-7-5-14)26(17)9-8-25(13)20(28)16-10-19-23-11-15(21)12-27(19)24-16/h2-7,10-13H,8-9H2,1H3. The van der Waals surface area contributed by atoms with Gasteiger partial charge >= 0.3 is 0 Å². The van der Waals surface area contributed by atoms with Crippen LogP contribution in [0.25, 0.3) is 16.9 Å². The number of carbonyl (C=O) groups is 1. The molecular formula is C20H17BrN6O. The van der Waals surface area contributed by atoms with E-state index in [1.165, 1.54) is 0 Å². The Kier molecular flexibility index (Phi) is 4.01. The van der Waals surface area contributed by atoms with Gasteiger partial charge in [-0.05, 0) is 47.1 Å². The molecule has 0 radical (unpaired) electrons. The molecule has 1 aliphatic rings. The molecule has 0 fully saturated rings. The molecule has 0 saturated heterocycles. The Hall–Kier alpha value is -3.00. The first-order valence-corrected chi connectivity index (χ1v) is 9.83. The van der Waals surface area contributed by atoms with Crippen LogP contribution in [0.15, 0.2) is 59.6 Å². The number of rotatable bonds is 2. The molecule has 1 atom stereocenters. The monoisotopic (exact) mass is 436 g/mol. The summed E-state index contributed by atoms with van der Waals surface area (Å²) < 4.78 is 4.72. The highest BCUT2D eigenvalue weighted by Gasteiger charge is 2.31. The highest BCUT2D eigenvalue weighted by molar-refractivity contribution is 9.10. The maximum Gasteiger partial charge on any atom is 0.275 e. The number of pyridine rings is 1. The van der Waals surface area contributed by atoms with Crippen molar-refractivity contribution in [2.75, 3.05) is 6.54 Å². The zero-order chi connectivity index (χ0) is 19.3. The number of amides is 1. The Labute approximate surface area is 169 Å². The first kappa shape index (κ1) is 17.1. The van der Waals surface area contributed by atoms with Crippen LogP contribution in [0.2, 0.25) is 0 Å². The van der Waals surface area contributed by atoms with Crippen LogP contribution in [0.4, 0.5) is 0 Å². The lowest BCUT2D eigenvalue weighted by atomic mass is 10.1.